The Kier molecular flexibility index (Phi) is 4.38. The molecule has 0 unspecified atom stereocenters. The molecule has 0 fully saturated rings. The molecule has 0 aliphatic carbocycles. The lowest BCUT2D eigenvalue weighted by atomic mass is 10.1. The van der Waals surface area contributed by atoms with E-state index in [1.165, 1.54) is 0 Å². The molecule has 134 valence electrons. The van der Waals surface area contributed by atoms with Gasteiger partial charge < -0.3 is 14.3 Å². The Morgan fingerprint density at radius 2 is 1.70 bits per heavy atom. The molecule has 0 saturated carbocycles. The second-order valence-corrected chi connectivity index (χ2v) is 6.41. The third-order valence-electron chi connectivity index (χ3n) is 4.39. The van der Waals surface area contributed by atoms with Crippen LogP contribution in [0.25, 0.3) is 22.3 Å². The number of ether oxygens (including phenoxy) is 1. The van der Waals surface area contributed by atoms with E-state index in [0.717, 1.165) is 11.1 Å². The minimum atomic E-state index is -0.435. The molecule has 0 spiro atoms. The molecule has 1 heterocycles. The first-order chi connectivity index (χ1) is 13.1. The lowest BCUT2D eigenvalue weighted by molar-refractivity contribution is 0.306. The first-order valence-electron chi connectivity index (χ1n) is 8.65. The first kappa shape index (κ1) is 16.9. The smallest absolute Gasteiger partial charge is 0.235 e. The zero-order valence-electron chi connectivity index (χ0n) is 14.8. The van der Waals surface area contributed by atoms with Crippen LogP contribution in [-0.2, 0) is 6.61 Å². The second-order valence-electron chi connectivity index (χ2n) is 6.41. The summed E-state index contributed by atoms with van der Waals surface area (Å²) in [6, 6.07) is 22.3. The highest BCUT2D eigenvalue weighted by Gasteiger charge is 2.15. The lowest BCUT2D eigenvalue weighted by Crippen LogP contribution is -2.02. The predicted octanol–water partition coefficient (Wildman–Crippen LogP) is 5.05. The van der Waals surface area contributed by atoms with Crippen LogP contribution in [0.4, 0.5) is 0 Å². The van der Waals surface area contributed by atoms with Gasteiger partial charge in [-0.15, -0.1) is 0 Å². The third kappa shape index (κ3) is 3.42. The number of hydrogen-bond acceptors (Lipinski definition) is 4. The summed E-state index contributed by atoms with van der Waals surface area (Å²) in [5, 5.41) is 10.7. The predicted molar refractivity (Wildman–Crippen MR) is 105 cm³/mol. The van der Waals surface area contributed by atoms with Crippen molar-refractivity contribution in [2.75, 3.05) is 0 Å². The number of rotatable bonds is 4. The fraction of sp³-hybridized carbons (Fsp3) is 0.0870. The minimum Gasteiger partial charge on any atom is -0.502 e. The van der Waals surface area contributed by atoms with Crippen LogP contribution in [0.3, 0.4) is 0 Å². The van der Waals surface area contributed by atoms with E-state index in [2.05, 4.69) is 0 Å². The number of aryl methyl sites for hydroxylation is 1. The summed E-state index contributed by atoms with van der Waals surface area (Å²) < 4.78 is 11.6. The standard InChI is InChI=1S/C23H18O4/c1-15-7-12-19-20(13-15)27-23(22(25)21(19)24)17-8-10-18(11-9-17)26-14-16-5-3-2-4-6-16/h2-13,25H,14H2,1H3. The highest BCUT2D eigenvalue weighted by atomic mass is 16.5. The van der Waals surface area contributed by atoms with Crippen molar-refractivity contribution in [3.8, 4) is 22.8 Å². The number of benzene rings is 3. The van der Waals surface area contributed by atoms with Gasteiger partial charge in [0.15, 0.2) is 5.76 Å². The third-order valence-corrected chi connectivity index (χ3v) is 4.39. The number of fused-ring (bicyclic) bond motifs is 1. The zero-order valence-corrected chi connectivity index (χ0v) is 14.8. The van der Waals surface area contributed by atoms with Crippen molar-refractivity contribution in [2.45, 2.75) is 13.5 Å². The van der Waals surface area contributed by atoms with Gasteiger partial charge >= 0.3 is 0 Å². The fourth-order valence-electron chi connectivity index (χ4n) is 2.93. The van der Waals surface area contributed by atoms with Crippen LogP contribution in [0.15, 0.2) is 82.0 Å². The SMILES string of the molecule is Cc1ccc2c(=O)c(O)c(-c3ccc(OCc4ccccc4)cc3)oc2c1. The van der Waals surface area contributed by atoms with Crippen LogP contribution in [0.5, 0.6) is 11.5 Å². The van der Waals surface area contributed by atoms with E-state index < -0.39 is 5.43 Å². The number of aromatic hydroxyl groups is 1. The van der Waals surface area contributed by atoms with Gasteiger partial charge in [-0.2, -0.15) is 0 Å². The van der Waals surface area contributed by atoms with Gasteiger partial charge in [0, 0.05) is 5.56 Å². The Morgan fingerprint density at radius 3 is 2.44 bits per heavy atom. The summed E-state index contributed by atoms with van der Waals surface area (Å²) in [7, 11) is 0. The molecule has 0 radical (unpaired) electrons. The average Bonchev–Trinajstić information content (AvgIpc) is 2.70. The topological polar surface area (TPSA) is 59.7 Å². The first-order valence-corrected chi connectivity index (χ1v) is 8.65. The molecule has 4 heteroatoms. The van der Waals surface area contributed by atoms with E-state index in [1.54, 1.807) is 36.4 Å². The van der Waals surface area contributed by atoms with E-state index in [9.17, 15) is 9.90 Å². The molecule has 0 saturated heterocycles. The van der Waals surface area contributed by atoms with Crippen LogP contribution in [0.2, 0.25) is 0 Å². The molecule has 4 nitrogen and oxygen atoms in total. The van der Waals surface area contributed by atoms with Crippen molar-refractivity contribution in [1.82, 2.24) is 0 Å². The highest BCUT2D eigenvalue weighted by Crippen LogP contribution is 2.31. The van der Waals surface area contributed by atoms with E-state index >= 15 is 0 Å². The Labute approximate surface area is 156 Å². The van der Waals surface area contributed by atoms with Crippen molar-refractivity contribution in [3.63, 3.8) is 0 Å². The Hall–Kier alpha value is -3.53. The molecule has 0 atom stereocenters. The average molecular weight is 358 g/mol. The van der Waals surface area contributed by atoms with Gasteiger partial charge in [-0.3, -0.25) is 4.79 Å². The summed E-state index contributed by atoms with van der Waals surface area (Å²) in [5.41, 5.74) is 2.69. The summed E-state index contributed by atoms with van der Waals surface area (Å²) >= 11 is 0. The molecule has 0 aliphatic rings. The Balaban J connectivity index is 1.64. The van der Waals surface area contributed by atoms with E-state index in [-0.39, 0.29) is 11.5 Å². The Bertz CT molecular complexity index is 1140. The summed E-state index contributed by atoms with van der Waals surface area (Å²) in [6.07, 6.45) is 0. The zero-order chi connectivity index (χ0) is 18.8. The van der Waals surface area contributed by atoms with Gasteiger partial charge in [0.2, 0.25) is 11.2 Å². The normalized spacial score (nSPS) is 10.9. The highest BCUT2D eigenvalue weighted by molar-refractivity contribution is 5.82. The maximum Gasteiger partial charge on any atom is 0.235 e. The van der Waals surface area contributed by atoms with Crippen LogP contribution >= 0.6 is 0 Å². The van der Waals surface area contributed by atoms with Gasteiger partial charge in [0.1, 0.15) is 17.9 Å². The van der Waals surface area contributed by atoms with E-state index in [0.29, 0.717) is 28.9 Å². The summed E-state index contributed by atoms with van der Waals surface area (Å²) in [5.74, 6) is 0.470. The van der Waals surface area contributed by atoms with Crippen molar-refractivity contribution in [3.05, 3.63) is 94.1 Å². The van der Waals surface area contributed by atoms with Gasteiger partial charge in [-0.25, -0.2) is 0 Å². The largest absolute Gasteiger partial charge is 0.502 e. The molecule has 4 aromatic rings. The Morgan fingerprint density at radius 1 is 0.963 bits per heavy atom. The van der Waals surface area contributed by atoms with Crippen LogP contribution in [-0.4, -0.2) is 5.11 Å². The van der Waals surface area contributed by atoms with Crippen LogP contribution < -0.4 is 10.2 Å². The molecule has 3 aromatic carbocycles. The molecule has 1 aromatic heterocycles. The number of hydrogen-bond donors (Lipinski definition) is 1. The van der Waals surface area contributed by atoms with Crippen molar-refractivity contribution >= 4 is 11.0 Å². The van der Waals surface area contributed by atoms with Crippen LogP contribution in [0, 0.1) is 6.92 Å². The van der Waals surface area contributed by atoms with E-state index in [4.69, 9.17) is 9.15 Å². The monoisotopic (exact) mass is 358 g/mol. The maximum absolute atomic E-state index is 12.4. The molecule has 0 bridgehead atoms. The van der Waals surface area contributed by atoms with Crippen LogP contribution in [0.1, 0.15) is 11.1 Å². The van der Waals surface area contributed by atoms with Gasteiger partial charge in [0.05, 0.1) is 5.39 Å². The molecule has 1 N–H and O–H groups in total. The summed E-state index contributed by atoms with van der Waals surface area (Å²) in [6.45, 7) is 2.39. The van der Waals surface area contributed by atoms with E-state index in [1.807, 2.05) is 43.3 Å². The van der Waals surface area contributed by atoms with Gasteiger partial charge in [-0.1, -0.05) is 36.4 Å². The fourth-order valence-corrected chi connectivity index (χ4v) is 2.93. The van der Waals surface area contributed by atoms with Gasteiger partial charge in [0.25, 0.3) is 0 Å². The minimum absolute atomic E-state index is 0.160. The lowest BCUT2D eigenvalue weighted by Gasteiger charge is -2.09. The van der Waals surface area contributed by atoms with Crippen molar-refractivity contribution in [2.24, 2.45) is 0 Å². The molecule has 4 rings (SSSR count). The van der Waals surface area contributed by atoms with Crippen molar-refractivity contribution in [1.29, 1.82) is 0 Å². The van der Waals surface area contributed by atoms with Crippen molar-refractivity contribution < 1.29 is 14.3 Å². The molecule has 0 amide bonds. The van der Waals surface area contributed by atoms with Gasteiger partial charge in [-0.05, 0) is 54.4 Å². The molecular weight excluding hydrogens is 340 g/mol. The molecular formula is C23H18O4. The second kappa shape index (κ2) is 7.00. The molecule has 0 aliphatic heterocycles. The molecule has 27 heavy (non-hydrogen) atoms. The maximum atomic E-state index is 12.4. The quantitative estimate of drug-likeness (QED) is 0.554. The summed E-state index contributed by atoms with van der Waals surface area (Å²) in [4.78, 5) is 12.4.